The topological polar surface area (TPSA) is 74.4 Å². The van der Waals surface area contributed by atoms with Gasteiger partial charge in [0.15, 0.2) is 17.3 Å². The molecule has 9 heteroatoms. The van der Waals surface area contributed by atoms with Crippen LogP contribution in [-0.2, 0) is 4.74 Å². The predicted molar refractivity (Wildman–Crippen MR) is 81.9 cm³/mol. The van der Waals surface area contributed by atoms with Gasteiger partial charge in [-0.3, -0.25) is 0 Å². The molecule has 2 rings (SSSR count). The van der Waals surface area contributed by atoms with Crippen LogP contribution in [-0.4, -0.2) is 25.2 Å². The minimum absolute atomic E-state index is 0.0612. The number of nitrogens with zero attached hydrogens (tertiary/aromatic N) is 1. The van der Waals surface area contributed by atoms with Crippen LogP contribution in [0.3, 0.4) is 0 Å². The molecule has 0 aliphatic rings. The van der Waals surface area contributed by atoms with E-state index in [0.717, 1.165) is 20.3 Å². The van der Waals surface area contributed by atoms with E-state index in [9.17, 15) is 13.6 Å². The third kappa shape index (κ3) is 3.02. The van der Waals surface area contributed by atoms with Crippen LogP contribution in [0.25, 0.3) is 11.3 Å². The maximum absolute atomic E-state index is 14.2. The van der Waals surface area contributed by atoms with E-state index in [1.165, 1.54) is 6.07 Å². The van der Waals surface area contributed by atoms with E-state index in [-0.39, 0.29) is 27.7 Å². The van der Waals surface area contributed by atoms with E-state index in [4.69, 9.17) is 33.7 Å². The van der Waals surface area contributed by atoms with Gasteiger partial charge in [0.2, 0.25) is 0 Å². The van der Waals surface area contributed by atoms with Crippen molar-refractivity contribution in [3.63, 3.8) is 0 Å². The van der Waals surface area contributed by atoms with Crippen LogP contribution in [0.15, 0.2) is 12.1 Å². The SMILES string of the molecule is COC(=O)c1nc(-c2c(F)cc(Cl)c(F)c2OC)cc(N)c1Cl. The summed E-state index contributed by atoms with van der Waals surface area (Å²) in [5.74, 6) is -3.23. The molecule has 1 aromatic carbocycles. The summed E-state index contributed by atoms with van der Waals surface area (Å²) in [6.45, 7) is 0. The molecular formula is C14H10Cl2F2N2O3. The maximum Gasteiger partial charge on any atom is 0.358 e. The van der Waals surface area contributed by atoms with Crippen LogP contribution in [0.1, 0.15) is 10.5 Å². The first-order valence-corrected chi connectivity index (χ1v) is 6.83. The Hall–Kier alpha value is -2.12. The number of nitrogen functional groups attached to an aromatic ring is 1. The van der Waals surface area contributed by atoms with Crippen molar-refractivity contribution >= 4 is 34.9 Å². The highest BCUT2D eigenvalue weighted by Crippen LogP contribution is 2.39. The summed E-state index contributed by atoms with van der Waals surface area (Å²) in [5, 5.41) is -0.618. The van der Waals surface area contributed by atoms with E-state index in [2.05, 4.69) is 9.72 Å². The average Bonchev–Trinajstić information content (AvgIpc) is 2.52. The minimum atomic E-state index is -0.972. The third-order valence-corrected chi connectivity index (χ3v) is 3.63. The van der Waals surface area contributed by atoms with Crippen LogP contribution in [0.2, 0.25) is 10.0 Å². The molecule has 122 valence electrons. The molecule has 1 heterocycles. The highest BCUT2D eigenvalue weighted by atomic mass is 35.5. The number of halogens is 4. The molecule has 0 saturated heterocycles. The Labute approximate surface area is 139 Å². The van der Waals surface area contributed by atoms with E-state index in [0.29, 0.717) is 0 Å². The fourth-order valence-electron chi connectivity index (χ4n) is 1.91. The molecule has 0 spiro atoms. The number of hydrogen-bond donors (Lipinski definition) is 1. The molecule has 23 heavy (non-hydrogen) atoms. The smallest absolute Gasteiger partial charge is 0.358 e. The highest BCUT2D eigenvalue weighted by molar-refractivity contribution is 6.35. The van der Waals surface area contributed by atoms with E-state index in [1.807, 2.05) is 0 Å². The zero-order valence-corrected chi connectivity index (χ0v) is 13.4. The number of carbonyl (C=O) groups is 1. The van der Waals surface area contributed by atoms with Gasteiger partial charge in [-0.2, -0.15) is 0 Å². The van der Waals surface area contributed by atoms with Crippen LogP contribution in [0.5, 0.6) is 5.75 Å². The van der Waals surface area contributed by atoms with Gasteiger partial charge >= 0.3 is 5.97 Å². The largest absolute Gasteiger partial charge is 0.493 e. The third-order valence-electron chi connectivity index (χ3n) is 2.95. The number of benzene rings is 1. The predicted octanol–water partition coefficient (Wildman–Crippen LogP) is 3.71. The number of methoxy groups -OCH3 is 2. The van der Waals surface area contributed by atoms with Gasteiger partial charge in [-0.1, -0.05) is 23.2 Å². The molecule has 5 nitrogen and oxygen atoms in total. The summed E-state index contributed by atoms with van der Waals surface area (Å²) in [7, 11) is 2.25. The van der Waals surface area contributed by atoms with E-state index >= 15 is 0 Å². The van der Waals surface area contributed by atoms with E-state index in [1.54, 1.807) is 0 Å². The fourth-order valence-corrected chi connectivity index (χ4v) is 2.27. The number of rotatable bonds is 3. The molecule has 0 aliphatic carbocycles. The van der Waals surface area contributed by atoms with Crippen molar-refractivity contribution in [1.82, 2.24) is 4.98 Å². The Bertz CT molecular complexity index is 800. The molecule has 0 unspecified atom stereocenters. The number of aromatic nitrogens is 1. The first kappa shape index (κ1) is 17.2. The van der Waals surface area contributed by atoms with Crippen molar-refractivity contribution in [3.05, 3.63) is 39.5 Å². The first-order chi connectivity index (χ1) is 10.8. The van der Waals surface area contributed by atoms with Crippen LogP contribution < -0.4 is 10.5 Å². The van der Waals surface area contributed by atoms with Crippen molar-refractivity contribution < 1.29 is 23.0 Å². The van der Waals surface area contributed by atoms with Gasteiger partial charge < -0.3 is 15.2 Å². The van der Waals surface area contributed by atoms with Gasteiger partial charge in [0.25, 0.3) is 0 Å². The van der Waals surface area contributed by atoms with Gasteiger partial charge in [-0.05, 0) is 12.1 Å². The number of pyridine rings is 1. The van der Waals surface area contributed by atoms with Crippen molar-refractivity contribution in [1.29, 1.82) is 0 Å². The Morgan fingerprint density at radius 2 is 1.91 bits per heavy atom. The zero-order chi connectivity index (χ0) is 17.3. The van der Waals surface area contributed by atoms with Crippen molar-refractivity contribution in [2.45, 2.75) is 0 Å². The lowest BCUT2D eigenvalue weighted by molar-refractivity contribution is 0.0594. The van der Waals surface area contributed by atoms with Crippen LogP contribution in [0.4, 0.5) is 14.5 Å². The monoisotopic (exact) mass is 362 g/mol. The summed E-state index contributed by atoms with van der Waals surface area (Å²) in [4.78, 5) is 15.6. The number of esters is 1. The van der Waals surface area contributed by atoms with Gasteiger partial charge in [-0.25, -0.2) is 18.6 Å². The lowest BCUT2D eigenvalue weighted by Crippen LogP contribution is -2.09. The number of anilines is 1. The maximum atomic E-state index is 14.2. The summed E-state index contributed by atoms with van der Waals surface area (Å²) >= 11 is 11.5. The molecule has 0 bridgehead atoms. The second-order valence-corrected chi connectivity index (χ2v) is 5.10. The Morgan fingerprint density at radius 3 is 2.48 bits per heavy atom. The molecule has 0 fully saturated rings. The minimum Gasteiger partial charge on any atom is -0.493 e. The average molecular weight is 363 g/mol. The van der Waals surface area contributed by atoms with Gasteiger partial charge in [0.05, 0.1) is 41.2 Å². The van der Waals surface area contributed by atoms with Crippen LogP contribution in [0, 0.1) is 11.6 Å². The molecule has 2 N–H and O–H groups in total. The molecule has 2 aromatic rings. The second kappa shape index (κ2) is 6.55. The molecular weight excluding hydrogens is 353 g/mol. The number of carbonyl (C=O) groups excluding carboxylic acids is 1. The number of ether oxygens (including phenoxy) is 2. The zero-order valence-electron chi connectivity index (χ0n) is 11.9. The normalized spacial score (nSPS) is 10.5. The van der Waals surface area contributed by atoms with Gasteiger partial charge in [-0.15, -0.1) is 0 Å². The first-order valence-electron chi connectivity index (χ1n) is 6.08. The molecule has 0 radical (unpaired) electrons. The van der Waals surface area contributed by atoms with Gasteiger partial charge in [0, 0.05) is 0 Å². The summed E-state index contributed by atoms with van der Waals surface area (Å²) < 4.78 is 37.7. The second-order valence-electron chi connectivity index (χ2n) is 4.31. The fraction of sp³-hybridized carbons (Fsp3) is 0.143. The van der Waals surface area contributed by atoms with Gasteiger partial charge in [0.1, 0.15) is 5.82 Å². The van der Waals surface area contributed by atoms with Crippen molar-refractivity contribution in [2.75, 3.05) is 20.0 Å². The summed E-state index contributed by atoms with van der Waals surface area (Å²) in [5.41, 5.74) is 4.80. The lowest BCUT2D eigenvalue weighted by atomic mass is 10.1. The molecule has 0 saturated carbocycles. The quantitative estimate of drug-likeness (QED) is 0.665. The Kier molecular flexibility index (Phi) is 4.91. The van der Waals surface area contributed by atoms with Crippen molar-refractivity contribution in [2.24, 2.45) is 0 Å². The lowest BCUT2D eigenvalue weighted by Gasteiger charge is -2.13. The molecule has 0 atom stereocenters. The number of hydrogen-bond acceptors (Lipinski definition) is 5. The molecule has 0 aliphatic heterocycles. The number of nitrogens with two attached hydrogens (primary N) is 1. The molecule has 1 aromatic heterocycles. The molecule has 0 amide bonds. The highest BCUT2D eigenvalue weighted by Gasteiger charge is 2.24. The van der Waals surface area contributed by atoms with Crippen LogP contribution >= 0.6 is 23.2 Å². The Morgan fingerprint density at radius 1 is 1.26 bits per heavy atom. The summed E-state index contributed by atoms with van der Waals surface area (Å²) in [6, 6.07) is 1.95. The Balaban J connectivity index is 2.80. The van der Waals surface area contributed by atoms with Crippen molar-refractivity contribution in [3.8, 4) is 17.0 Å². The standard InChI is InChI=1S/C14H10Cl2F2N2O3/c1-22-13-9(6(17)3-5(15)11(13)18)8-4-7(19)10(16)12(20-8)14(21)23-2/h3-4H,1-2H3,(H2,19,20). The van der Waals surface area contributed by atoms with E-state index < -0.39 is 28.4 Å². The summed E-state index contributed by atoms with van der Waals surface area (Å²) in [6.07, 6.45) is 0.